The third-order valence-electron chi connectivity index (χ3n) is 4.67. The zero-order chi connectivity index (χ0) is 14.6. The number of aliphatic hydroxyl groups excluding tert-OH is 1. The van der Waals surface area contributed by atoms with Crippen LogP contribution in [0.25, 0.3) is 0 Å². The van der Waals surface area contributed by atoms with E-state index in [-0.39, 0.29) is 5.41 Å². The van der Waals surface area contributed by atoms with Gasteiger partial charge < -0.3 is 10.0 Å². The smallest absolute Gasteiger partial charge is 0.0499 e. The molecule has 0 spiro atoms. The molecule has 0 saturated heterocycles. The van der Waals surface area contributed by atoms with Gasteiger partial charge in [-0.1, -0.05) is 53.9 Å². The predicted molar refractivity (Wildman–Crippen MR) is 87.6 cm³/mol. The summed E-state index contributed by atoms with van der Waals surface area (Å²) in [5.74, 6) is 0.822. The second-order valence-electron chi connectivity index (χ2n) is 6.60. The molecule has 1 aromatic carbocycles. The minimum absolute atomic E-state index is 0.114. The molecule has 0 amide bonds. The number of benzene rings is 1. The summed E-state index contributed by atoms with van der Waals surface area (Å²) < 4.78 is 1.17. The second kappa shape index (κ2) is 7.06. The van der Waals surface area contributed by atoms with Crippen LogP contribution in [0.1, 0.15) is 38.2 Å². The highest BCUT2D eigenvalue weighted by Gasteiger charge is 2.34. The lowest BCUT2D eigenvalue weighted by atomic mass is 9.71. The molecule has 20 heavy (non-hydrogen) atoms. The molecule has 2 nitrogen and oxygen atoms in total. The lowest BCUT2D eigenvalue weighted by Crippen LogP contribution is -2.40. The SMILES string of the molecule is CC1CCC(CO)(CN(C)Cc2ccccc2Br)CC1. The van der Waals surface area contributed by atoms with Gasteiger partial charge in [-0.15, -0.1) is 0 Å². The van der Waals surface area contributed by atoms with Gasteiger partial charge in [0.1, 0.15) is 0 Å². The zero-order valence-corrected chi connectivity index (χ0v) is 14.2. The molecular formula is C17H26BrNO. The summed E-state index contributed by atoms with van der Waals surface area (Å²) in [6, 6.07) is 8.38. The van der Waals surface area contributed by atoms with Crippen molar-refractivity contribution < 1.29 is 5.11 Å². The Morgan fingerprint density at radius 1 is 1.30 bits per heavy atom. The molecule has 1 aliphatic rings. The van der Waals surface area contributed by atoms with Crippen LogP contribution in [-0.2, 0) is 6.54 Å². The first-order chi connectivity index (χ1) is 9.54. The van der Waals surface area contributed by atoms with Crippen LogP contribution in [0, 0.1) is 11.3 Å². The highest BCUT2D eigenvalue weighted by atomic mass is 79.9. The van der Waals surface area contributed by atoms with E-state index < -0.39 is 0 Å². The minimum atomic E-state index is 0.114. The number of hydrogen-bond acceptors (Lipinski definition) is 2. The molecule has 0 unspecified atom stereocenters. The van der Waals surface area contributed by atoms with Crippen molar-refractivity contribution in [2.45, 2.75) is 39.2 Å². The van der Waals surface area contributed by atoms with Crippen molar-refractivity contribution >= 4 is 15.9 Å². The fraction of sp³-hybridized carbons (Fsp3) is 0.647. The van der Waals surface area contributed by atoms with Crippen LogP contribution in [-0.4, -0.2) is 30.2 Å². The average Bonchev–Trinajstić information content (AvgIpc) is 2.44. The standard InChI is InChI=1S/C17H26BrNO/c1-14-7-9-17(13-20,10-8-14)12-19(2)11-15-5-3-4-6-16(15)18/h3-6,14,20H,7-13H2,1-2H3. The largest absolute Gasteiger partial charge is 0.396 e. The summed E-state index contributed by atoms with van der Waals surface area (Å²) in [4.78, 5) is 2.35. The molecular weight excluding hydrogens is 314 g/mol. The van der Waals surface area contributed by atoms with Gasteiger partial charge in [0.25, 0.3) is 0 Å². The van der Waals surface area contributed by atoms with E-state index in [1.165, 1.54) is 22.9 Å². The first-order valence-corrected chi connectivity index (χ1v) is 8.37. The van der Waals surface area contributed by atoms with Crippen molar-refractivity contribution in [2.75, 3.05) is 20.2 Å². The van der Waals surface area contributed by atoms with Crippen molar-refractivity contribution in [3.8, 4) is 0 Å². The molecule has 1 fully saturated rings. The van der Waals surface area contributed by atoms with Crippen LogP contribution in [0.2, 0.25) is 0 Å². The maximum atomic E-state index is 9.86. The van der Waals surface area contributed by atoms with Gasteiger partial charge >= 0.3 is 0 Å². The van der Waals surface area contributed by atoms with E-state index >= 15 is 0 Å². The van der Waals surface area contributed by atoms with E-state index in [0.717, 1.165) is 31.8 Å². The quantitative estimate of drug-likeness (QED) is 0.873. The lowest BCUT2D eigenvalue weighted by Gasteiger charge is -2.40. The Morgan fingerprint density at radius 3 is 2.55 bits per heavy atom. The van der Waals surface area contributed by atoms with Crippen LogP contribution < -0.4 is 0 Å². The molecule has 1 saturated carbocycles. The third kappa shape index (κ3) is 4.06. The van der Waals surface area contributed by atoms with Crippen molar-refractivity contribution in [3.05, 3.63) is 34.3 Å². The van der Waals surface area contributed by atoms with Gasteiger partial charge in [0, 0.05) is 29.6 Å². The fourth-order valence-corrected chi connectivity index (χ4v) is 3.70. The molecule has 0 bridgehead atoms. The highest BCUT2D eigenvalue weighted by Crippen LogP contribution is 2.39. The third-order valence-corrected chi connectivity index (χ3v) is 5.45. The molecule has 1 aromatic rings. The number of halogens is 1. The summed E-state index contributed by atoms with van der Waals surface area (Å²) in [6.07, 6.45) is 4.82. The molecule has 0 atom stereocenters. The molecule has 3 heteroatoms. The van der Waals surface area contributed by atoms with Gasteiger partial charge in [0.05, 0.1) is 0 Å². The normalized spacial score (nSPS) is 26.9. The molecule has 0 aliphatic heterocycles. The van der Waals surface area contributed by atoms with Gasteiger partial charge in [0.2, 0.25) is 0 Å². The van der Waals surface area contributed by atoms with E-state index in [9.17, 15) is 5.11 Å². The van der Waals surface area contributed by atoms with E-state index in [1.54, 1.807) is 0 Å². The molecule has 112 valence electrons. The van der Waals surface area contributed by atoms with E-state index in [2.05, 4.69) is 53.0 Å². The lowest BCUT2D eigenvalue weighted by molar-refractivity contribution is 0.0346. The number of nitrogens with zero attached hydrogens (tertiary/aromatic N) is 1. The Balaban J connectivity index is 1.96. The first-order valence-electron chi connectivity index (χ1n) is 7.57. The highest BCUT2D eigenvalue weighted by molar-refractivity contribution is 9.10. The zero-order valence-electron chi connectivity index (χ0n) is 12.6. The number of aliphatic hydroxyl groups is 1. The Morgan fingerprint density at radius 2 is 1.95 bits per heavy atom. The molecule has 0 heterocycles. The van der Waals surface area contributed by atoms with Gasteiger partial charge in [0.15, 0.2) is 0 Å². The van der Waals surface area contributed by atoms with Crippen molar-refractivity contribution in [1.82, 2.24) is 4.90 Å². The van der Waals surface area contributed by atoms with Crippen LogP contribution in [0.5, 0.6) is 0 Å². The van der Waals surface area contributed by atoms with Crippen molar-refractivity contribution in [3.63, 3.8) is 0 Å². The molecule has 1 N–H and O–H groups in total. The summed E-state index contributed by atoms with van der Waals surface area (Å²) in [6.45, 7) is 4.56. The van der Waals surface area contributed by atoms with E-state index in [0.29, 0.717) is 6.61 Å². The Labute approximate surface area is 131 Å². The molecule has 1 aliphatic carbocycles. The van der Waals surface area contributed by atoms with Gasteiger partial charge in [-0.25, -0.2) is 0 Å². The van der Waals surface area contributed by atoms with Gasteiger partial charge in [-0.2, -0.15) is 0 Å². The summed E-state index contributed by atoms with van der Waals surface area (Å²) in [7, 11) is 2.16. The summed E-state index contributed by atoms with van der Waals surface area (Å²) in [5.41, 5.74) is 1.43. The minimum Gasteiger partial charge on any atom is -0.396 e. The Kier molecular flexibility index (Phi) is 5.65. The fourth-order valence-electron chi connectivity index (χ4n) is 3.29. The van der Waals surface area contributed by atoms with Crippen LogP contribution in [0.15, 0.2) is 28.7 Å². The van der Waals surface area contributed by atoms with Crippen LogP contribution in [0.4, 0.5) is 0 Å². The number of rotatable bonds is 5. The Bertz CT molecular complexity index is 427. The molecule has 0 aromatic heterocycles. The van der Waals surface area contributed by atoms with Crippen LogP contribution >= 0.6 is 15.9 Å². The van der Waals surface area contributed by atoms with E-state index in [1.807, 2.05) is 6.07 Å². The van der Waals surface area contributed by atoms with Crippen molar-refractivity contribution in [1.29, 1.82) is 0 Å². The second-order valence-corrected chi connectivity index (χ2v) is 7.46. The van der Waals surface area contributed by atoms with Gasteiger partial charge in [-0.3, -0.25) is 0 Å². The first kappa shape index (κ1) is 16.0. The summed E-state index contributed by atoms with van der Waals surface area (Å²) in [5, 5.41) is 9.86. The maximum absolute atomic E-state index is 9.86. The monoisotopic (exact) mass is 339 g/mol. The Hall–Kier alpha value is -0.380. The number of hydrogen-bond donors (Lipinski definition) is 1. The average molecular weight is 340 g/mol. The molecule has 2 rings (SSSR count). The summed E-state index contributed by atoms with van der Waals surface area (Å²) >= 11 is 3.61. The topological polar surface area (TPSA) is 23.5 Å². The molecule has 0 radical (unpaired) electrons. The van der Waals surface area contributed by atoms with Gasteiger partial charge in [-0.05, 0) is 37.4 Å². The van der Waals surface area contributed by atoms with Crippen LogP contribution in [0.3, 0.4) is 0 Å². The van der Waals surface area contributed by atoms with Crippen molar-refractivity contribution in [2.24, 2.45) is 11.3 Å². The van der Waals surface area contributed by atoms with E-state index in [4.69, 9.17) is 0 Å². The maximum Gasteiger partial charge on any atom is 0.0499 e. The predicted octanol–water partition coefficient (Wildman–Crippen LogP) is 4.07.